The molecule has 128 valence electrons. The van der Waals surface area contributed by atoms with Gasteiger partial charge in [-0.15, -0.1) is 10.2 Å². The molecule has 0 radical (unpaired) electrons. The van der Waals surface area contributed by atoms with E-state index in [2.05, 4.69) is 54.9 Å². The minimum atomic E-state index is 0.211. The van der Waals surface area contributed by atoms with Crippen LogP contribution < -0.4 is 5.32 Å². The van der Waals surface area contributed by atoms with E-state index < -0.39 is 0 Å². The quantitative estimate of drug-likeness (QED) is 0.617. The fraction of sp³-hybridized carbons (Fsp3) is 0.211. The van der Waals surface area contributed by atoms with E-state index in [1.807, 2.05) is 29.8 Å². The van der Waals surface area contributed by atoms with Crippen molar-refractivity contribution in [3.8, 4) is 0 Å². The van der Waals surface area contributed by atoms with Crippen molar-refractivity contribution < 1.29 is 0 Å². The lowest BCUT2D eigenvalue weighted by Crippen LogP contribution is -2.15. The van der Waals surface area contributed by atoms with Gasteiger partial charge in [0, 0.05) is 18.0 Å². The average Bonchev–Trinajstić information content (AvgIpc) is 3.32. The van der Waals surface area contributed by atoms with E-state index in [0.717, 1.165) is 45.7 Å². The first-order chi connectivity index (χ1) is 12.8. The molecule has 4 aromatic rings. The molecule has 0 amide bonds. The summed E-state index contributed by atoms with van der Waals surface area (Å²) in [5.74, 6) is 0.832. The van der Waals surface area contributed by atoms with Crippen LogP contribution in [-0.4, -0.2) is 37.7 Å². The summed E-state index contributed by atoms with van der Waals surface area (Å²) < 4.78 is 1.81. The number of rotatable bonds is 3. The molecule has 0 fully saturated rings. The number of aromatic nitrogens is 5. The normalized spacial score (nSPS) is 16.4. The molecule has 4 heterocycles. The van der Waals surface area contributed by atoms with Crippen molar-refractivity contribution in [3.05, 3.63) is 65.2 Å². The maximum atomic E-state index is 4.58. The van der Waals surface area contributed by atoms with Crippen molar-refractivity contribution in [3.63, 3.8) is 0 Å². The third-order valence-electron chi connectivity index (χ3n) is 4.65. The maximum Gasteiger partial charge on any atom is 0.177 e. The third kappa shape index (κ3) is 2.57. The highest BCUT2D eigenvalue weighted by Gasteiger charge is 2.14. The molecule has 1 N–H and O–H groups in total. The molecule has 1 aliphatic heterocycles. The number of aliphatic imine (C=N–C) groups is 1. The Kier molecular flexibility index (Phi) is 3.38. The van der Waals surface area contributed by atoms with Crippen molar-refractivity contribution in [1.82, 2.24) is 30.1 Å². The van der Waals surface area contributed by atoms with Crippen LogP contribution in [0.4, 0.5) is 0 Å². The summed E-state index contributed by atoms with van der Waals surface area (Å²) in [5, 5.41) is 17.4. The number of aryl methyl sites for hydroxylation is 1. The van der Waals surface area contributed by atoms with Crippen LogP contribution in [0.25, 0.3) is 16.6 Å². The number of nitrogens with one attached hydrogen (secondary N) is 1. The number of benzene rings is 1. The molecule has 7 nitrogen and oxygen atoms in total. The Balaban J connectivity index is 1.50. The number of fused-ring (bicyclic) bond motifs is 2. The van der Waals surface area contributed by atoms with E-state index in [4.69, 9.17) is 0 Å². The average molecular weight is 343 g/mol. The predicted octanol–water partition coefficient (Wildman–Crippen LogP) is 2.24. The van der Waals surface area contributed by atoms with Gasteiger partial charge in [-0.25, -0.2) is 0 Å². The number of hydrogen-bond acceptors (Lipinski definition) is 6. The first-order valence-electron chi connectivity index (χ1n) is 8.57. The van der Waals surface area contributed by atoms with E-state index in [-0.39, 0.29) is 6.04 Å². The molecule has 3 aromatic heterocycles. The van der Waals surface area contributed by atoms with Crippen LogP contribution in [0.2, 0.25) is 0 Å². The molecule has 1 aliphatic rings. The third-order valence-corrected chi connectivity index (χ3v) is 4.65. The molecule has 0 saturated carbocycles. The lowest BCUT2D eigenvalue weighted by Gasteiger charge is -2.11. The molecule has 1 aromatic carbocycles. The van der Waals surface area contributed by atoms with Gasteiger partial charge in [0.05, 0.1) is 30.1 Å². The highest BCUT2D eigenvalue weighted by Crippen LogP contribution is 2.22. The first-order valence-corrected chi connectivity index (χ1v) is 8.57. The molecule has 0 aliphatic carbocycles. The lowest BCUT2D eigenvalue weighted by molar-refractivity contribution is 0.711. The van der Waals surface area contributed by atoms with Gasteiger partial charge in [-0.05, 0) is 48.4 Å². The summed E-state index contributed by atoms with van der Waals surface area (Å²) in [7, 11) is 0. The van der Waals surface area contributed by atoms with Crippen molar-refractivity contribution in [2.45, 2.75) is 19.4 Å². The zero-order chi connectivity index (χ0) is 17.5. The highest BCUT2D eigenvalue weighted by atomic mass is 15.4. The monoisotopic (exact) mass is 343 g/mol. The van der Waals surface area contributed by atoms with Crippen LogP contribution in [0, 0.1) is 6.92 Å². The minimum absolute atomic E-state index is 0.211. The van der Waals surface area contributed by atoms with Crippen molar-refractivity contribution in [2.24, 2.45) is 4.99 Å². The molecule has 1 atom stereocenters. The summed E-state index contributed by atoms with van der Waals surface area (Å²) >= 11 is 0. The minimum Gasteiger partial charge on any atom is -0.368 e. The van der Waals surface area contributed by atoms with E-state index in [0.29, 0.717) is 6.42 Å². The molecule has 7 heteroatoms. The van der Waals surface area contributed by atoms with Gasteiger partial charge in [-0.2, -0.15) is 9.61 Å². The van der Waals surface area contributed by atoms with E-state index in [1.54, 1.807) is 6.34 Å². The SMILES string of the molecule is Cc1ccc2nnc(Cc3ccc4ncc(C5CN=CN5)cc4c3)n2n1. The Labute approximate surface area is 149 Å². The fourth-order valence-corrected chi connectivity index (χ4v) is 3.27. The topological polar surface area (TPSA) is 80.4 Å². The second kappa shape index (κ2) is 5.87. The zero-order valence-electron chi connectivity index (χ0n) is 14.3. The Hall–Kier alpha value is -3.35. The molecule has 0 saturated heterocycles. The van der Waals surface area contributed by atoms with Crippen LogP contribution in [-0.2, 0) is 6.42 Å². The van der Waals surface area contributed by atoms with Gasteiger partial charge in [-0.3, -0.25) is 9.98 Å². The fourth-order valence-electron chi connectivity index (χ4n) is 3.27. The number of nitrogens with zero attached hydrogens (tertiary/aromatic N) is 6. The summed E-state index contributed by atoms with van der Waals surface area (Å²) in [6, 6.07) is 12.6. The Morgan fingerprint density at radius 1 is 1.15 bits per heavy atom. The second-order valence-corrected chi connectivity index (χ2v) is 6.55. The summed E-state index contributed by atoms with van der Waals surface area (Å²) in [6.45, 7) is 2.72. The molecular weight excluding hydrogens is 326 g/mol. The van der Waals surface area contributed by atoms with E-state index in [9.17, 15) is 0 Å². The van der Waals surface area contributed by atoms with Crippen LogP contribution in [0.1, 0.15) is 28.7 Å². The lowest BCUT2D eigenvalue weighted by atomic mass is 10.0. The number of pyridine rings is 1. The van der Waals surface area contributed by atoms with Gasteiger partial charge in [0.15, 0.2) is 11.5 Å². The van der Waals surface area contributed by atoms with Crippen molar-refractivity contribution in [1.29, 1.82) is 0 Å². The standard InChI is InChI=1S/C19H17N7/c1-12-2-5-18-23-24-19(26(18)25-12)7-13-3-4-16-14(6-13)8-15(9-21-16)17-10-20-11-22-17/h2-6,8-9,11,17H,7,10H2,1H3,(H,20,22). The van der Waals surface area contributed by atoms with Gasteiger partial charge in [0.25, 0.3) is 0 Å². The van der Waals surface area contributed by atoms with Gasteiger partial charge in [-0.1, -0.05) is 6.07 Å². The van der Waals surface area contributed by atoms with Gasteiger partial charge in [0.1, 0.15) is 0 Å². The highest BCUT2D eigenvalue weighted by molar-refractivity contribution is 5.80. The summed E-state index contributed by atoms with van der Waals surface area (Å²) in [4.78, 5) is 8.82. The Morgan fingerprint density at radius 3 is 3.00 bits per heavy atom. The Bertz CT molecular complexity index is 1140. The van der Waals surface area contributed by atoms with Gasteiger partial charge in [0.2, 0.25) is 0 Å². The largest absolute Gasteiger partial charge is 0.368 e. The molecule has 5 rings (SSSR count). The van der Waals surface area contributed by atoms with Crippen LogP contribution in [0.15, 0.2) is 47.6 Å². The number of hydrogen-bond donors (Lipinski definition) is 1. The van der Waals surface area contributed by atoms with Gasteiger partial charge < -0.3 is 5.32 Å². The van der Waals surface area contributed by atoms with Crippen LogP contribution in [0.5, 0.6) is 0 Å². The van der Waals surface area contributed by atoms with Gasteiger partial charge >= 0.3 is 0 Å². The molecule has 0 spiro atoms. The summed E-state index contributed by atoms with van der Waals surface area (Å²) in [5.41, 5.74) is 5.00. The van der Waals surface area contributed by atoms with Crippen LogP contribution >= 0.6 is 0 Å². The Morgan fingerprint density at radius 2 is 2.12 bits per heavy atom. The second-order valence-electron chi connectivity index (χ2n) is 6.55. The molecule has 0 bridgehead atoms. The molecule has 26 heavy (non-hydrogen) atoms. The zero-order valence-corrected chi connectivity index (χ0v) is 14.3. The first kappa shape index (κ1) is 14.9. The van der Waals surface area contributed by atoms with Crippen LogP contribution in [0.3, 0.4) is 0 Å². The smallest absolute Gasteiger partial charge is 0.177 e. The predicted molar refractivity (Wildman–Crippen MR) is 99.3 cm³/mol. The maximum absolute atomic E-state index is 4.58. The van der Waals surface area contributed by atoms with E-state index in [1.165, 1.54) is 0 Å². The van der Waals surface area contributed by atoms with Crippen molar-refractivity contribution >= 4 is 22.9 Å². The summed E-state index contributed by atoms with van der Waals surface area (Å²) in [6.07, 6.45) is 4.35. The molecule has 1 unspecified atom stereocenters. The van der Waals surface area contributed by atoms with E-state index >= 15 is 0 Å². The molecular formula is C19H17N7. The van der Waals surface area contributed by atoms with Crippen molar-refractivity contribution in [2.75, 3.05) is 6.54 Å².